The molecule has 0 saturated carbocycles. The van der Waals surface area contributed by atoms with Crippen LogP contribution in [0.15, 0.2) is 70.2 Å². The first-order chi connectivity index (χ1) is 16.3. The summed E-state index contributed by atoms with van der Waals surface area (Å²) in [6.07, 6.45) is 1.62. The molecule has 1 atom stereocenters. The van der Waals surface area contributed by atoms with Gasteiger partial charge in [0.05, 0.1) is 22.7 Å². The van der Waals surface area contributed by atoms with E-state index in [1.54, 1.807) is 6.20 Å². The zero-order valence-corrected chi connectivity index (χ0v) is 21.1. The number of hydrogen-bond donors (Lipinski definition) is 2. The van der Waals surface area contributed by atoms with Gasteiger partial charge in [0, 0.05) is 41.4 Å². The number of anilines is 1. The molecule has 0 aliphatic heterocycles. The fraction of sp³-hybridized carbons (Fsp3) is 0.269. The van der Waals surface area contributed by atoms with Gasteiger partial charge in [-0.1, -0.05) is 69.2 Å². The number of nitrogens with one attached hydrogen (secondary N) is 1. The molecule has 8 nitrogen and oxygen atoms in total. The van der Waals surface area contributed by atoms with Crippen LogP contribution in [0.25, 0.3) is 34.0 Å². The Labute approximate surface area is 209 Å². The highest BCUT2D eigenvalue weighted by Crippen LogP contribution is 2.30. The third-order valence-electron chi connectivity index (χ3n) is 5.32. The number of nitrogens with zero attached hydrogens (tertiary/aromatic N) is 3. The number of hydrogen-bond acceptors (Lipinski definition) is 7. The van der Waals surface area contributed by atoms with Crippen LogP contribution in [-0.2, 0) is 17.3 Å². The van der Waals surface area contributed by atoms with Crippen molar-refractivity contribution in [3.8, 4) is 34.0 Å². The number of rotatable bonds is 8. The van der Waals surface area contributed by atoms with Crippen molar-refractivity contribution in [2.24, 2.45) is 0 Å². The first-order valence-corrected chi connectivity index (χ1v) is 12.5. The van der Waals surface area contributed by atoms with Crippen LogP contribution < -0.4 is 11.1 Å². The van der Waals surface area contributed by atoms with Crippen LogP contribution >= 0.6 is 0 Å². The SMILES string of the molecule is CC(C)NCc1ccc(-c2cc(-c3nc(-c4ccc(S(=O)C(C)C)cc4)cnc3N)on2)cc1.O.[HH]. The molecule has 0 aliphatic carbocycles. The van der Waals surface area contributed by atoms with Gasteiger partial charge in [-0.05, 0) is 17.7 Å². The normalized spacial score (nSPS) is 12.1. The van der Waals surface area contributed by atoms with Crippen LogP contribution in [0, 0.1) is 0 Å². The maximum atomic E-state index is 12.3. The lowest BCUT2D eigenvalue weighted by molar-refractivity contribution is 0.434. The molecule has 0 radical (unpaired) electrons. The van der Waals surface area contributed by atoms with E-state index in [-0.39, 0.29) is 18.0 Å². The second kappa shape index (κ2) is 11.4. The number of nitrogen functional groups attached to an aromatic ring is 1. The van der Waals surface area contributed by atoms with Gasteiger partial charge in [0.2, 0.25) is 0 Å². The lowest BCUT2D eigenvalue weighted by atomic mass is 10.1. The van der Waals surface area contributed by atoms with E-state index < -0.39 is 10.8 Å². The lowest BCUT2D eigenvalue weighted by Gasteiger charge is -2.08. The largest absolute Gasteiger partial charge is 0.412 e. The molecule has 2 heterocycles. The van der Waals surface area contributed by atoms with Gasteiger partial charge >= 0.3 is 0 Å². The van der Waals surface area contributed by atoms with Crippen LogP contribution in [0.5, 0.6) is 0 Å². The molecule has 2 aromatic carbocycles. The zero-order valence-electron chi connectivity index (χ0n) is 20.3. The smallest absolute Gasteiger partial charge is 0.189 e. The molecular formula is C26H33N5O3S. The Bertz CT molecular complexity index is 1290. The highest BCUT2D eigenvalue weighted by atomic mass is 32.2. The van der Waals surface area contributed by atoms with E-state index in [1.165, 1.54) is 5.56 Å². The van der Waals surface area contributed by atoms with Crippen molar-refractivity contribution in [3.63, 3.8) is 0 Å². The fourth-order valence-electron chi connectivity index (χ4n) is 3.39. The molecule has 35 heavy (non-hydrogen) atoms. The van der Waals surface area contributed by atoms with E-state index in [0.29, 0.717) is 28.9 Å². The minimum absolute atomic E-state index is 0. The zero-order chi connectivity index (χ0) is 24.2. The van der Waals surface area contributed by atoms with Crippen LogP contribution in [0.4, 0.5) is 5.82 Å². The van der Waals surface area contributed by atoms with Gasteiger partial charge < -0.3 is 21.0 Å². The Morgan fingerprint density at radius 1 is 1.00 bits per heavy atom. The van der Waals surface area contributed by atoms with E-state index in [1.807, 2.05) is 56.3 Å². The predicted molar refractivity (Wildman–Crippen MR) is 142 cm³/mol. The summed E-state index contributed by atoms with van der Waals surface area (Å²) in [5.41, 5.74) is 10.9. The van der Waals surface area contributed by atoms with Crippen LogP contribution in [0.2, 0.25) is 0 Å². The highest BCUT2D eigenvalue weighted by molar-refractivity contribution is 7.85. The molecule has 1 unspecified atom stereocenters. The first kappa shape index (κ1) is 26.2. The molecule has 4 aromatic rings. The minimum Gasteiger partial charge on any atom is -0.412 e. The quantitative estimate of drug-likeness (QED) is 0.367. The summed E-state index contributed by atoms with van der Waals surface area (Å²) in [5, 5.41) is 7.67. The van der Waals surface area contributed by atoms with Crippen molar-refractivity contribution >= 4 is 16.6 Å². The molecule has 4 rings (SSSR count). The summed E-state index contributed by atoms with van der Waals surface area (Å²) < 4.78 is 17.9. The maximum absolute atomic E-state index is 12.3. The third kappa shape index (κ3) is 6.19. The summed E-state index contributed by atoms with van der Waals surface area (Å²) in [6.45, 7) is 8.94. The molecule has 2 aromatic heterocycles. The van der Waals surface area contributed by atoms with Gasteiger partial charge in [0.25, 0.3) is 0 Å². The molecule has 5 N–H and O–H groups in total. The van der Waals surface area contributed by atoms with E-state index in [0.717, 1.165) is 22.6 Å². The van der Waals surface area contributed by atoms with Crippen molar-refractivity contribution in [3.05, 3.63) is 66.4 Å². The molecule has 0 saturated heterocycles. The summed E-state index contributed by atoms with van der Waals surface area (Å²) in [6, 6.07) is 17.9. The summed E-state index contributed by atoms with van der Waals surface area (Å²) in [5.74, 6) is 0.712. The monoisotopic (exact) mass is 495 g/mol. The lowest BCUT2D eigenvalue weighted by Crippen LogP contribution is -2.21. The van der Waals surface area contributed by atoms with Crippen LogP contribution in [-0.4, -0.2) is 36.1 Å². The Morgan fingerprint density at radius 2 is 1.63 bits per heavy atom. The van der Waals surface area contributed by atoms with Gasteiger partial charge in [-0.25, -0.2) is 9.97 Å². The Kier molecular flexibility index (Phi) is 8.50. The molecular weight excluding hydrogens is 462 g/mol. The highest BCUT2D eigenvalue weighted by Gasteiger charge is 2.16. The fourth-order valence-corrected chi connectivity index (χ4v) is 4.34. The number of nitrogens with two attached hydrogens (primary N) is 1. The summed E-state index contributed by atoms with van der Waals surface area (Å²) >= 11 is 0. The average molecular weight is 496 g/mol. The van der Waals surface area contributed by atoms with E-state index in [9.17, 15) is 4.21 Å². The summed E-state index contributed by atoms with van der Waals surface area (Å²) in [4.78, 5) is 9.77. The average Bonchev–Trinajstić information content (AvgIpc) is 3.33. The van der Waals surface area contributed by atoms with Crippen molar-refractivity contribution in [1.82, 2.24) is 20.4 Å². The van der Waals surface area contributed by atoms with Crippen LogP contribution in [0.1, 0.15) is 34.7 Å². The Balaban J connectivity index is 0.00000228. The number of benzene rings is 2. The molecule has 0 bridgehead atoms. The Morgan fingerprint density at radius 3 is 2.26 bits per heavy atom. The molecule has 0 aliphatic rings. The molecule has 0 amide bonds. The van der Waals surface area contributed by atoms with Crippen molar-refractivity contribution in [1.29, 1.82) is 0 Å². The molecule has 0 fully saturated rings. The van der Waals surface area contributed by atoms with E-state index >= 15 is 0 Å². The minimum atomic E-state index is -1.04. The maximum Gasteiger partial charge on any atom is 0.189 e. The second-order valence-corrected chi connectivity index (χ2v) is 10.7. The van der Waals surface area contributed by atoms with Crippen LogP contribution in [0.3, 0.4) is 0 Å². The van der Waals surface area contributed by atoms with Gasteiger partial charge in [-0.15, -0.1) is 0 Å². The van der Waals surface area contributed by atoms with E-state index in [2.05, 4.69) is 46.4 Å². The number of aromatic nitrogens is 3. The molecule has 9 heteroatoms. The predicted octanol–water partition coefficient (Wildman–Crippen LogP) is 4.48. The van der Waals surface area contributed by atoms with E-state index in [4.69, 9.17) is 10.3 Å². The van der Waals surface area contributed by atoms with Crippen molar-refractivity contribution in [2.45, 2.75) is 50.4 Å². The van der Waals surface area contributed by atoms with Crippen molar-refractivity contribution < 1.29 is 15.6 Å². The van der Waals surface area contributed by atoms with Gasteiger partial charge in [0.15, 0.2) is 17.3 Å². The molecule has 186 valence electrons. The third-order valence-corrected chi connectivity index (χ3v) is 6.91. The van der Waals surface area contributed by atoms with Gasteiger partial charge in [-0.3, -0.25) is 4.21 Å². The molecule has 0 spiro atoms. The topological polar surface area (TPSA) is 138 Å². The summed E-state index contributed by atoms with van der Waals surface area (Å²) in [7, 11) is -1.04. The van der Waals surface area contributed by atoms with Gasteiger partial charge in [-0.2, -0.15) is 0 Å². The first-order valence-electron chi connectivity index (χ1n) is 11.2. The van der Waals surface area contributed by atoms with Crippen molar-refractivity contribution in [2.75, 3.05) is 5.73 Å². The standard InChI is InChI=1S/C26H29N5O2S.H2O.H2/c1-16(2)28-14-18-5-7-19(8-6-18)22-13-24(33-31-22)25-26(27)29-15-23(30-25)20-9-11-21(12-10-20)34(32)17(3)4;;/h5-13,15-17,28H,14H2,1-4H3,(H2,27,29);1H2;1H. The second-order valence-electron chi connectivity index (χ2n) is 8.67. The Hall–Kier alpha value is -3.40. The van der Waals surface area contributed by atoms with Gasteiger partial charge in [0.1, 0.15) is 5.69 Å².